The molecule has 0 atom stereocenters. The molecule has 0 spiro atoms. The Hall–Kier alpha value is -5.10. The molecule has 0 fully saturated rings. The van der Waals surface area contributed by atoms with Gasteiger partial charge in [0.1, 0.15) is 29.0 Å². The van der Waals surface area contributed by atoms with E-state index in [0.29, 0.717) is 50.2 Å². The number of hydrogen-bond acceptors (Lipinski definition) is 2. The van der Waals surface area contributed by atoms with E-state index in [1.54, 1.807) is 48.5 Å². The molecule has 6 heteroatoms. The summed E-state index contributed by atoms with van der Waals surface area (Å²) in [6, 6.07) is 28.0. The van der Waals surface area contributed by atoms with Crippen molar-refractivity contribution < 1.29 is 17.6 Å². The van der Waals surface area contributed by atoms with Crippen LogP contribution >= 0.6 is 0 Å². The van der Waals surface area contributed by atoms with E-state index in [1.165, 1.54) is 48.5 Å². The van der Waals surface area contributed by atoms with Gasteiger partial charge in [0.15, 0.2) is 0 Å². The zero-order chi connectivity index (χ0) is 28.5. The smallest absolute Gasteiger partial charge is 0.123 e. The zero-order valence-corrected chi connectivity index (χ0v) is 21.9. The normalized spacial score (nSPS) is 11.7. The first kappa shape index (κ1) is 26.1. The molecule has 0 aliphatic carbocycles. The molecular formula is C35H22F4N2. The highest BCUT2D eigenvalue weighted by Gasteiger charge is 2.21. The van der Waals surface area contributed by atoms with Crippen LogP contribution in [0, 0.1) is 30.2 Å². The van der Waals surface area contributed by atoms with E-state index in [9.17, 15) is 17.6 Å². The first-order chi connectivity index (χ1) is 19.9. The van der Waals surface area contributed by atoms with Gasteiger partial charge in [-0.1, -0.05) is 54.6 Å². The van der Waals surface area contributed by atoms with E-state index in [-0.39, 0.29) is 11.6 Å². The molecule has 1 heterocycles. The molecule has 0 bridgehead atoms. The maximum Gasteiger partial charge on any atom is 0.123 e. The van der Waals surface area contributed by atoms with E-state index in [4.69, 9.17) is 0 Å². The van der Waals surface area contributed by atoms with Crippen molar-refractivity contribution in [2.45, 2.75) is 6.92 Å². The quantitative estimate of drug-likeness (QED) is 0.159. The van der Waals surface area contributed by atoms with Crippen LogP contribution in [0.15, 0.2) is 109 Å². The summed E-state index contributed by atoms with van der Waals surface area (Å²) in [4.78, 5) is 0. The average Bonchev–Trinajstić information content (AvgIpc) is 2.98. The molecule has 0 aliphatic rings. The topological polar surface area (TPSA) is 25.8 Å². The lowest BCUT2D eigenvalue weighted by Crippen LogP contribution is -2.01. The highest BCUT2D eigenvalue weighted by atomic mass is 19.1. The Bertz CT molecular complexity index is 1910. The van der Waals surface area contributed by atoms with Crippen molar-refractivity contribution in [2.24, 2.45) is 0 Å². The Labute approximate surface area is 234 Å². The van der Waals surface area contributed by atoms with Crippen LogP contribution in [0.4, 0.5) is 17.6 Å². The number of fused-ring (bicyclic) bond motifs is 1. The number of nitrogens with zero attached hydrogens (tertiary/aromatic N) is 2. The summed E-state index contributed by atoms with van der Waals surface area (Å²) in [5, 5.41) is 9.97. The van der Waals surface area contributed by atoms with E-state index in [0.717, 1.165) is 10.9 Å². The summed E-state index contributed by atoms with van der Waals surface area (Å²) in [5.74, 6) is -1.66. The van der Waals surface area contributed by atoms with Gasteiger partial charge in [-0.2, -0.15) is 0 Å². The molecule has 5 aromatic carbocycles. The third-order valence-electron chi connectivity index (χ3n) is 6.99. The fraction of sp³-hybridized carbons (Fsp3) is 0.0286. The molecule has 0 unspecified atom stereocenters. The van der Waals surface area contributed by atoms with Crippen LogP contribution in [-0.4, -0.2) is 10.2 Å². The van der Waals surface area contributed by atoms with Gasteiger partial charge >= 0.3 is 0 Å². The number of aromatic nitrogens is 2. The lowest BCUT2D eigenvalue weighted by atomic mass is 9.87. The Morgan fingerprint density at radius 1 is 0.634 bits per heavy atom. The Morgan fingerprint density at radius 3 is 1.93 bits per heavy atom. The van der Waals surface area contributed by atoms with Crippen LogP contribution in [0.1, 0.15) is 22.3 Å². The van der Waals surface area contributed by atoms with Crippen molar-refractivity contribution in [2.75, 3.05) is 0 Å². The number of benzene rings is 5. The molecule has 0 saturated carbocycles. The maximum atomic E-state index is 15.0. The van der Waals surface area contributed by atoms with Gasteiger partial charge in [-0.05, 0) is 101 Å². The highest BCUT2D eigenvalue weighted by Crippen LogP contribution is 2.41. The third kappa shape index (κ3) is 5.24. The van der Waals surface area contributed by atoms with Crippen LogP contribution in [0.3, 0.4) is 0 Å². The van der Waals surface area contributed by atoms with Crippen LogP contribution in [-0.2, 0) is 0 Å². The second kappa shape index (κ2) is 10.8. The van der Waals surface area contributed by atoms with Gasteiger partial charge in [-0.3, -0.25) is 0 Å². The van der Waals surface area contributed by atoms with E-state index < -0.39 is 11.6 Å². The lowest BCUT2D eigenvalue weighted by molar-refractivity contribution is 0.626. The molecular weight excluding hydrogens is 524 g/mol. The number of aryl methyl sites for hydroxylation is 1. The molecule has 0 radical (unpaired) electrons. The van der Waals surface area contributed by atoms with Crippen molar-refractivity contribution in [3.63, 3.8) is 0 Å². The molecule has 0 N–H and O–H groups in total. The molecule has 0 saturated heterocycles. The Kier molecular flexibility index (Phi) is 6.89. The minimum absolute atomic E-state index is 0.374. The molecule has 6 rings (SSSR count). The molecule has 0 amide bonds. The zero-order valence-electron chi connectivity index (χ0n) is 21.9. The van der Waals surface area contributed by atoms with Gasteiger partial charge in [-0.15, -0.1) is 10.2 Å². The van der Waals surface area contributed by atoms with Crippen LogP contribution in [0.2, 0.25) is 0 Å². The van der Waals surface area contributed by atoms with Crippen LogP contribution in [0.5, 0.6) is 0 Å². The van der Waals surface area contributed by atoms with Crippen LogP contribution < -0.4 is 0 Å². The minimum Gasteiger partial charge on any atom is -0.207 e. The van der Waals surface area contributed by atoms with Crippen molar-refractivity contribution in [3.05, 3.63) is 155 Å². The first-order valence-electron chi connectivity index (χ1n) is 12.9. The second-order valence-electron chi connectivity index (χ2n) is 9.71. The third-order valence-corrected chi connectivity index (χ3v) is 6.99. The standard InChI is InChI=1S/C35H22F4N2/c1-21-3-2-4-30-33(24-9-15-27(38)16-10-24)35(41-40-34(21)30)29-18-17-28(39)20-32(29)31(23-7-13-26(37)14-8-23)19-22-5-11-25(36)12-6-22/h2-20H,1H3/b31-19+. The van der Waals surface area contributed by atoms with Crippen LogP contribution in [0.25, 0.3) is 44.9 Å². The number of rotatable bonds is 5. The monoisotopic (exact) mass is 546 g/mol. The van der Waals surface area contributed by atoms with Gasteiger partial charge < -0.3 is 0 Å². The Morgan fingerprint density at radius 2 is 1.24 bits per heavy atom. The van der Waals surface area contributed by atoms with E-state index in [1.807, 2.05) is 25.1 Å². The molecule has 1 aromatic heterocycles. The summed E-state index contributed by atoms with van der Waals surface area (Å²) >= 11 is 0. The Balaban J connectivity index is 1.67. The van der Waals surface area contributed by atoms with E-state index >= 15 is 0 Å². The fourth-order valence-corrected chi connectivity index (χ4v) is 4.99. The minimum atomic E-state index is -0.483. The molecule has 2 nitrogen and oxygen atoms in total. The second-order valence-corrected chi connectivity index (χ2v) is 9.71. The molecule has 41 heavy (non-hydrogen) atoms. The predicted molar refractivity (Wildman–Crippen MR) is 155 cm³/mol. The van der Waals surface area contributed by atoms with Crippen molar-refractivity contribution in [1.29, 1.82) is 0 Å². The van der Waals surface area contributed by atoms with Crippen molar-refractivity contribution in [3.8, 4) is 22.4 Å². The summed E-state index contributed by atoms with van der Waals surface area (Å²) in [5.41, 5.74) is 6.42. The van der Waals surface area contributed by atoms with E-state index in [2.05, 4.69) is 10.2 Å². The maximum absolute atomic E-state index is 15.0. The summed E-state index contributed by atoms with van der Waals surface area (Å²) in [6.45, 7) is 1.94. The summed E-state index contributed by atoms with van der Waals surface area (Å²) in [6.07, 6.45) is 1.79. The SMILES string of the molecule is Cc1cccc2c(-c3ccc(F)cc3)c(-c3ccc(F)cc3/C(=C/c3ccc(F)cc3)c3ccc(F)cc3)nnc12. The predicted octanol–water partition coefficient (Wildman–Crippen LogP) is 9.42. The van der Waals surface area contributed by atoms with Gasteiger partial charge in [-0.25, -0.2) is 17.6 Å². The summed E-state index contributed by atoms with van der Waals surface area (Å²) in [7, 11) is 0. The summed E-state index contributed by atoms with van der Waals surface area (Å²) < 4.78 is 56.5. The van der Waals surface area contributed by atoms with Crippen molar-refractivity contribution in [1.82, 2.24) is 10.2 Å². The lowest BCUT2D eigenvalue weighted by Gasteiger charge is -2.18. The van der Waals surface area contributed by atoms with Crippen molar-refractivity contribution >= 4 is 22.6 Å². The number of hydrogen-bond donors (Lipinski definition) is 0. The van der Waals surface area contributed by atoms with Gasteiger partial charge in [0.05, 0.1) is 5.52 Å². The molecule has 200 valence electrons. The molecule has 0 aliphatic heterocycles. The first-order valence-corrected chi connectivity index (χ1v) is 12.9. The molecule has 6 aromatic rings. The van der Waals surface area contributed by atoms with Gasteiger partial charge in [0, 0.05) is 16.5 Å². The van der Waals surface area contributed by atoms with Gasteiger partial charge in [0.25, 0.3) is 0 Å². The fourth-order valence-electron chi connectivity index (χ4n) is 4.99. The number of halogens is 4. The average molecular weight is 547 g/mol. The van der Waals surface area contributed by atoms with Gasteiger partial charge in [0.2, 0.25) is 0 Å². The highest BCUT2D eigenvalue weighted by molar-refractivity contribution is 6.04. The largest absolute Gasteiger partial charge is 0.207 e.